The Morgan fingerprint density at radius 2 is 1.60 bits per heavy atom. The predicted octanol–water partition coefficient (Wildman–Crippen LogP) is 5.57. The first kappa shape index (κ1) is 21.9. The Hall–Kier alpha value is -2.76. The van der Waals surface area contributed by atoms with Crippen LogP contribution in [-0.2, 0) is 22.4 Å². The zero-order valence-corrected chi connectivity index (χ0v) is 17.6. The largest absolute Gasteiger partial charge is 0.508 e. The second-order valence-electron chi connectivity index (χ2n) is 6.67. The molecule has 0 fully saturated rings. The fraction of sp³-hybridized carbons (Fsp3) is 0.174. The molecule has 0 unspecified atom stereocenters. The van der Waals surface area contributed by atoms with Crippen molar-refractivity contribution in [2.75, 3.05) is 13.7 Å². The van der Waals surface area contributed by atoms with Crippen molar-refractivity contribution < 1.29 is 23.8 Å². The SMILES string of the molecule is COC(=O)COc1cc(Cl)c(Cc2ccc(O)c(Cc3ccc(F)cc3)c2)c(Cl)c1. The van der Waals surface area contributed by atoms with Crippen molar-refractivity contribution in [3.05, 3.63) is 92.7 Å². The van der Waals surface area contributed by atoms with Crippen LogP contribution >= 0.6 is 23.2 Å². The molecule has 4 nitrogen and oxygen atoms in total. The minimum absolute atomic E-state index is 0.159. The number of rotatable bonds is 7. The van der Waals surface area contributed by atoms with Crippen LogP contribution in [-0.4, -0.2) is 24.8 Å². The quantitative estimate of drug-likeness (QED) is 0.479. The number of phenolic OH excluding ortho intramolecular Hbond substituents is 1. The van der Waals surface area contributed by atoms with Crippen LogP contribution in [0.1, 0.15) is 22.3 Å². The molecule has 3 aromatic rings. The van der Waals surface area contributed by atoms with Gasteiger partial charge in [-0.3, -0.25) is 0 Å². The molecule has 1 N–H and O–H groups in total. The molecule has 0 atom stereocenters. The van der Waals surface area contributed by atoms with Crippen molar-refractivity contribution in [1.82, 2.24) is 0 Å². The molecule has 156 valence electrons. The van der Waals surface area contributed by atoms with Gasteiger partial charge in [-0.15, -0.1) is 0 Å². The summed E-state index contributed by atoms with van der Waals surface area (Å²) in [7, 11) is 1.27. The molecular formula is C23H19Cl2FO4. The molecule has 0 heterocycles. The highest BCUT2D eigenvalue weighted by Crippen LogP contribution is 2.33. The number of carbonyl (C=O) groups is 1. The molecule has 30 heavy (non-hydrogen) atoms. The first-order valence-electron chi connectivity index (χ1n) is 9.08. The van der Waals surface area contributed by atoms with Crippen molar-refractivity contribution >= 4 is 29.2 Å². The number of hydrogen-bond acceptors (Lipinski definition) is 4. The van der Waals surface area contributed by atoms with Gasteiger partial charge in [-0.2, -0.15) is 0 Å². The van der Waals surface area contributed by atoms with Gasteiger partial charge in [0.2, 0.25) is 0 Å². The van der Waals surface area contributed by atoms with Crippen molar-refractivity contribution in [3.63, 3.8) is 0 Å². The number of aromatic hydroxyl groups is 1. The number of halogens is 3. The maximum absolute atomic E-state index is 13.1. The monoisotopic (exact) mass is 448 g/mol. The van der Waals surface area contributed by atoms with Gasteiger partial charge < -0.3 is 14.6 Å². The maximum Gasteiger partial charge on any atom is 0.343 e. The van der Waals surface area contributed by atoms with Crippen LogP contribution in [0.4, 0.5) is 4.39 Å². The number of benzene rings is 3. The smallest absolute Gasteiger partial charge is 0.343 e. The Morgan fingerprint density at radius 3 is 2.23 bits per heavy atom. The number of phenols is 1. The summed E-state index contributed by atoms with van der Waals surface area (Å²) in [4.78, 5) is 11.2. The lowest BCUT2D eigenvalue weighted by atomic mass is 9.98. The summed E-state index contributed by atoms with van der Waals surface area (Å²) in [6.07, 6.45) is 0.896. The lowest BCUT2D eigenvalue weighted by molar-refractivity contribution is -0.142. The second-order valence-corrected chi connectivity index (χ2v) is 7.49. The van der Waals surface area contributed by atoms with E-state index in [9.17, 15) is 14.3 Å². The standard InChI is InChI=1S/C23H19Cl2FO4/c1-29-23(28)13-30-18-11-20(24)19(21(25)12-18)10-15-4-7-22(27)16(9-15)8-14-2-5-17(26)6-3-14/h2-7,9,11-12,27H,8,10,13H2,1H3. The second kappa shape index (κ2) is 9.83. The Balaban J connectivity index is 1.78. The molecule has 0 saturated heterocycles. The maximum atomic E-state index is 13.1. The molecule has 0 radical (unpaired) electrons. The zero-order chi connectivity index (χ0) is 21.7. The van der Waals surface area contributed by atoms with Crippen LogP contribution in [0.15, 0.2) is 54.6 Å². The third-order valence-corrected chi connectivity index (χ3v) is 5.21. The summed E-state index contributed by atoms with van der Waals surface area (Å²) in [5.41, 5.74) is 3.19. The topological polar surface area (TPSA) is 55.8 Å². The van der Waals surface area contributed by atoms with Gasteiger partial charge in [0.15, 0.2) is 6.61 Å². The summed E-state index contributed by atoms with van der Waals surface area (Å²) in [5, 5.41) is 11.0. The molecule has 0 aliphatic rings. The predicted molar refractivity (Wildman–Crippen MR) is 114 cm³/mol. The van der Waals surface area contributed by atoms with E-state index in [1.165, 1.54) is 19.2 Å². The van der Waals surface area contributed by atoms with E-state index in [1.807, 2.05) is 6.07 Å². The van der Waals surface area contributed by atoms with Crippen molar-refractivity contribution in [1.29, 1.82) is 0 Å². The van der Waals surface area contributed by atoms with E-state index in [0.29, 0.717) is 39.8 Å². The van der Waals surface area contributed by atoms with Crippen molar-refractivity contribution in [3.8, 4) is 11.5 Å². The van der Waals surface area contributed by atoms with E-state index in [1.54, 1.807) is 36.4 Å². The molecule has 0 aromatic heterocycles. The number of methoxy groups -OCH3 is 1. The lowest BCUT2D eigenvalue weighted by Crippen LogP contribution is -2.12. The Bertz CT molecular complexity index is 1030. The molecule has 0 aliphatic carbocycles. The van der Waals surface area contributed by atoms with E-state index >= 15 is 0 Å². The van der Waals surface area contributed by atoms with Gasteiger partial charge >= 0.3 is 5.97 Å². The minimum Gasteiger partial charge on any atom is -0.508 e. The molecule has 0 bridgehead atoms. The van der Waals surface area contributed by atoms with Gasteiger partial charge in [-0.1, -0.05) is 47.5 Å². The Morgan fingerprint density at radius 1 is 0.967 bits per heavy atom. The molecule has 0 saturated carbocycles. The van der Waals surface area contributed by atoms with Gasteiger partial charge in [0.1, 0.15) is 17.3 Å². The van der Waals surface area contributed by atoms with Crippen LogP contribution in [0.25, 0.3) is 0 Å². The third-order valence-electron chi connectivity index (χ3n) is 4.53. The number of hydrogen-bond donors (Lipinski definition) is 1. The fourth-order valence-electron chi connectivity index (χ4n) is 2.95. The third kappa shape index (κ3) is 5.65. The lowest BCUT2D eigenvalue weighted by Gasteiger charge is -2.13. The van der Waals surface area contributed by atoms with Crippen LogP contribution in [0.2, 0.25) is 10.0 Å². The molecule has 0 spiro atoms. The molecule has 3 aromatic carbocycles. The normalized spacial score (nSPS) is 10.7. The van der Waals surface area contributed by atoms with Crippen LogP contribution in [0, 0.1) is 5.82 Å². The summed E-state index contributed by atoms with van der Waals surface area (Å²) in [6.45, 7) is -0.243. The van der Waals surface area contributed by atoms with Gasteiger partial charge in [-0.05, 0) is 52.6 Å². The van der Waals surface area contributed by atoms with E-state index in [4.69, 9.17) is 27.9 Å². The fourth-order valence-corrected chi connectivity index (χ4v) is 3.55. The van der Waals surface area contributed by atoms with E-state index in [-0.39, 0.29) is 18.2 Å². The summed E-state index contributed by atoms with van der Waals surface area (Å²) in [5.74, 6) is -0.294. The van der Waals surface area contributed by atoms with Crippen molar-refractivity contribution in [2.24, 2.45) is 0 Å². The average molecular weight is 449 g/mol. The van der Waals surface area contributed by atoms with E-state index in [2.05, 4.69) is 4.74 Å². The molecule has 0 aliphatic heterocycles. The van der Waals surface area contributed by atoms with E-state index in [0.717, 1.165) is 11.1 Å². The van der Waals surface area contributed by atoms with Crippen LogP contribution < -0.4 is 4.74 Å². The first-order chi connectivity index (χ1) is 14.4. The zero-order valence-electron chi connectivity index (χ0n) is 16.1. The van der Waals surface area contributed by atoms with Crippen molar-refractivity contribution in [2.45, 2.75) is 12.8 Å². The molecule has 3 rings (SSSR count). The first-order valence-corrected chi connectivity index (χ1v) is 9.84. The van der Waals surface area contributed by atoms with Gasteiger partial charge in [-0.25, -0.2) is 9.18 Å². The Labute approximate surface area is 183 Å². The highest BCUT2D eigenvalue weighted by atomic mass is 35.5. The highest BCUT2D eigenvalue weighted by molar-refractivity contribution is 6.36. The van der Waals surface area contributed by atoms with Crippen LogP contribution in [0.3, 0.4) is 0 Å². The van der Waals surface area contributed by atoms with Gasteiger partial charge in [0, 0.05) is 22.9 Å². The molecule has 7 heteroatoms. The number of carbonyl (C=O) groups excluding carboxylic acids is 1. The minimum atomic E-state index is -0.510. The summed E-state index contributed by atoms with van der Waals surface area (Å²) >= 11 is 12.8. The van der Waals surface area contributed by atoms with Gasteiger partial charge in [0.05, 0.1) is 7.11 Å². The van der Waals surface area contributed by atoms with E-state index < -0.39 is 5.97 Å². The molecular weight excluding hydrogens is 430 g/mol. The Kier molecular flexibility index (Phi) is 7.19. The average Bonchev–Trinajstić information content (AvgIpc) is 2.72. The van der Waals surface area contributed by atoms with Gasteiger partial charge in [0.25, 0.3) is 0 Å². The number of esters is 1. The summed E-state index contributed by atoms with van der Waals surface area (Å²) in [6, 6.07) is 14.6. The molecule has 0 amide bonds. The van der Waals surface area contributed by atoms with Crippen LogP contribution in [0.5, 0.6) is 11.5 Å². The highest BCUT2D eigenvalue weighted by Gasteiger charge is 2.13. The summed E-state index contributed by atoms with van der Waals surface area (Å²) < 4.78 is 23.0. The number of ether oxygens (including phenoxy) is 2.